The Morgan fingerprint density at radius 1 is 1.04 bits per heavy atom. The summed E-state index contributed by atoms with van der Waals surface area (Å²) >= 11 is 1.01. The number of carbonyl (C=O) groups is 1. The van der Waals surface area contributed by atoms with E-state index in [0.29, 0.717) is 21.6 Å². The molecule has 3 rings (SSSR count). The predicted molar refractivity (Wildman–Crippen MR) is 110 cm³/mol. The summed E-state index contributed by atoms with van der Waals surface area (Å²) in [5.74, 6) is 0. The summed E-state index contributed by atoms with van der Waals surface area (Å²) in [5.41, 5.74) is 1.29. The van der Waals surface area contributed by atoms with Crippen LogP contribution in [0.25, 0.3) is 11.0 Å². The van der Waals surface area contributed by atoms with Crippen molar-refractivity contribution in [3.63, 3.8) is 0 Å². The van der Waals surface area contributed by atoms with Crippen LogP contribution in [0.15, 0.2) is 57.1 Å². The SMILES string of the molecule is CN(C)C(=O)Sc1cccc(NS(=O)(=O)c2ccc3c(c2)n(C)c(=O)n3C)c1. The molecule has 1 amide bonds. The number of aryl methyl sites for hydroxylation is 2. The number of aromatic nitrogens is 2. The molecule has 0 radical (unpaired) electrons. The average molecular weight is 421 g/mol. The van der Waals surface area contributed by atoms with Crippen LogP contribution in [0.1, 0.15) is 0 Å². The molecule has 0 atom stereocenters. The smallest absolute Gasteiger partial charge is 0.328 e. The molecule has 8 nitrogen and oxygen atoms in total. The Balaban J connectivity index is 1.92. The van der Waals surface area contributed by atoms with Crippen LogP contribution in [0.4, 0.5) is 10.5 Å². The van der Waals surface area contributed by atoms with Gasteiger partial charge >= 0.3 is 5.69 Å². The highest BCUT2D eigenvalue weighted by molar-refractivity contribution is 8.13. The van der Waals surface area contributed by atoms with E-state index in [1.807, 2.05) is 0 Å². The van der Waals surface area contributed by atoms with Gasteiger partial charge in [-0.25, -0.2) is 13.2 Å². The topological polar surface area (TPSA) is 93.4 Å². The molecule has 0 aliphatic carbocycles. The molecule has 0 aliphatic rings. The normalized spacial score (nSPS) is 11.6. The van der Waals surface area contributed by atoms with E-state index < -0.39 is 10.0 Å². The van der Waals surface area contributed by atoms with Gasteiger partial charge in [0.1, 0.15) is 0 Å². The maximum atomic E-state index is 12.8. The number of hydrogen-bond acceptors (Lipinski definition) is 5. The lowest BCUT2D eigenvalue weighted by Gasteiger charge is -2.11. The van der Waals surface area contributed by atoms with Crippen molar-refractivity contribution >= 4 is 43.7 Å². The largest absolute Gasteiger partial charge is 0.339 e. The third kappa shape index (κ3) is 3.78. The third-order valence-electron chi connectivity index (χ3n) is 4.21. The van der Waals surface area contributed by atoms with Gasteiger partial charge < -0.3 is 4.90 Å². The number of hydrogen-bond donors (Lipinski definition) is 1. The van der Waals surface area contributed by atoms with Crippen LogP contribution in [-0.4, -0.2) is 41.8 Å². The molecule has 0 unspecified atom stereocenters. The minimum Gasteiger partial charge on any atom is -0.339 e. The van der Waals surface area contributed by atoms with Crippen molar-refractivity contribution in [1.82, 2.24) is 14.0 Å². The Morgan fingerprint density at radius 3 is 2.39 bits per heavy atom. The lowest BCUT2D eigenvalue weighted by molar-refractivity contribution is 0.241. The van der Waals surface area contributed by atoms with Gasteiger partial charge in [-0.2, -0.15) is 0 Å². The van der Waals surface area contributed by atoms with Gasteiger partial charge in [0.2, 0.25) is 0 Å². The quantitative estimate of drug-likeness (QED) is 0.655. The summed E-state index contributed by atoms with van der Waals surface area (Å²) in [5, 5.41) is -0.157. The number of thioether (sulfide) groups is 1. The zero-order valence-electron chi connectivity index (χ0n) is 15.8. The first-order chi connectivity index (χ1) is 13.1. The maximum absolute atomic E-state index is 12.8. The van der Waals surface area contributed by atoms with Crippen LogP contribution in [0, 0.1) is 0 Å². The average Bonchev–Trinajstić information content (AvgIpc) is 2.85. The second kappa shape index (κ2) is 7.36. The van der Waals surface area contributed by atoms with Gasteiger partial charge in [0.15, 0.2) is 0 Å². The van der Waals surface area contributed by atoms with Crippen LogP contribution < -0.4 is 10.4 Å². The monoisotopic (exact) mass is 420 g/mol. The molecule has 0 saturated carbocycles. The number of benzene rings is 2. The summed E-state index contributed by atoms with van der Waals surface area (Å²) in [6.45, 7) is 0. The van der Waals surface area contributed by atoms with Crippen LogP contribution >= 0.6 is 11.8 Å². The van der Waals surface area contributed by atoms with Gasteiger partial charge in [-0.1, -0.05) is 6.07 Å². The molecular weight excluding hydrogens is 400 g/mol. The second-order valence-electron chi connectivity index (χ2n) is 6.45. The second-order valence-corrected chi connectivity index (χ2v) is 9.15. The molecule has 1 N–H and O–H groups in total. The highest BCUT2D eigenvalue weighted by Gasteiger charge is 2.18. The predicted octanol–water partition coefficient (Wildman–Crippen LogP) is 2.45. The molecule has 1 aromatic heterocycles. The summed E-state index contributed by atoms with van der Waals surface area (Å²) in [4.78, 5) is 26.0. The summed E-state index contributed by atoms with van der Waals surface area (Å²) in [7, 11) is 2.66. The van der Waals surface area contributed by atoms with Gasteiger partial charge in [0, 0.05) is 38.8 Å². The van der Waals surface area contributed by atoms with E-state index in [9.17, 15) is 18.0 Å². The van der Waals surface area contributed by atoms with E-state index >= 15 is 0 Å². The molecule has 0 fully saturated rings. The highest BCUT2D eigenvalue weighted by Crippen LogP contribution is 2.26. The van der Waals surface area contributed by atoms with Crippen LogP contribution in [0.5, 0.6) is 0 Å². The van der Waals surface area contributed by atoms with Crippen molar-refractivity contribution < 1.29 is 13.2 Å². The Kier molecular flexibility index (Phi) is 5.26. The third-order valence-corrected chi connectivity index (χ3v) is 6.62. The van der Waals surface area contributed by atoms with Gasteiger partial charge in [-0.3, -0.25) is 18.7 Å². The van der Waals surface area contributed by atoms with Crippen molar-refractivity contribution in [1.29, 1.82) is 0 Å². The number of anilines is 1. The van der Waals surface area contributed by atoms with Gasteiger partial charge in [0.25, 0.3) is 15.3 Å². The Bertz CT molecular complexity index is 1230. The fourth-order valence-electron chi connectivity index (χ4n) is 2.68. The number of amides is 1. The number of sulfonamides is 1. The van der Waals surface area contributed by atoms with E-state index in [-0.39, 0.29) is 15.8 Å². The fourth-order valence-corrected chi connectivity index (χ4v) is 4.47. The Morgan fingerprint density at radius 2 is 1.71 bits per heavy atom. The first-order valence-electron chi connectivity index (χ1n) is 8.27. The van der Waals surface area contributed by atoms with Crippen molar-refractivity contribution in [2.24, 2.45) is 14.1 Å². The van der Waals surface area contributed by atoms with E-state index in [4.69, 9.17) is 0 Å². The lowest BCUT2D eigenvalue weighted by Crippen LogP contribution is -2.19. The van der Waals surface area contributed by atoms with Crippen molar-refractivity contribution in [3.05, 3.63) is 52.9 Å². The first kappa shape index (κ1) is 20.0. The minimum absolute atomic E-state index is 0.0450. The van der Waals surface area contributed by atoms with Crippen LogP contribution in [0.3, 0.4) is 0 Å². The standard InChI is InChI=1S/C18H20N4O4S2/c1-20(2)18(24)27-13-7-5-6-12(10-13)19-28(25,26)14-8-9-15-16(11-14)22(4)17(23)21(15)3/h5-11,19H,1-4H3. The van der Waals surface area contributed by atoms with Crippen molar-refractivity contribution in [2.75, 3.05) is 18.8 Å². The van der Waals surface area contributed by atoms with E-state index in [2.05, 4.69) is 4.72 Å². The van der Waals surface area contributed by atoms with Gasteiger partial charge in [-0.05, 0) is 48.2 Å². The number of nitrogens with zero attached hydrogens (tertiary/aromatic N) is 3. The number of nitrogens with one attached hydrogen (secondary N) is 1. The van der Waals surface area contributed by atoms with Crippen LogP contribution in [-0.2, 0) is 24.1 Å². The van der Waals surface area contributed by atoms with Crippen molar-refractivity contribution in [2.45, 2.75) is 9.79 Å². The molecule has 0 spiro atoms. The number of fused-ring (bicyclic) bond motifs is 1. The van der Waals surface area contributed by atoms with E-state index in [1.165, 1.54) is 26.2 Å². The molecular formula is C18H20N4O4S2. The minimum atomic E-state index is -3.87. The lowest BCUT2D eigenvalue weighted by atomic mass is 10.3. The van der Waals surface area contributed by atoms with E-state index in [1.54, 1.807) is 58.5 Å². The molecule has 3 aromatic rings. The van der Waals surface area contributed by atoms with Gasteiger partial charge in [-0.15, -0.1) is 0 Å². The fraction of sp³-hybridized carbons (Fsp3) is 0.222. The van der Waals surface area contributed by atoms with Gasteiger partial charge in [0.05, 0.1) is 15.9 Å². The zero-order valence-corrected chi connectivity index (χ0v) is 17.5. The zero-order chi connectivity index (χ0) is 20.6. The summed E-state index contributed by atoms with van der Waals surface area (Å²) in [6, 6.07) is 11.1. The molecule has 148 valence electrons. The number of rotatable bonds is 4. The molecule has 2 aromatic carbocycles. The molecule has 0 bridgehead atoms. The highest BCUT2D eigenvalue weighted by atomic mass is 32.2. The maximum Gasteiger partial charge on any atom is 0.328 e. The van der Waals surface area contributed by atoms with E-state index in [0.717, 1.165) is 11.8 Å². The first-order valence-corrected chi connectivity index (χ1v) is 10.6. The summed E-state index contributed by atoms with van der Waals surface area (Å²) < 4.78 is 31.0. The molecule has 1 heterocycles. The number of carbonyl (C=O) groups excluding carboxylic acids is 1. The summed E-state index contributed by atoms with van der Waals surface area (Å²) in [6.07, 6.45) is 0. The number of imidazole rings is 1. The molecule has 0 aliphatic heterocycles. The van der Waals surface area contributed by atoms with Crippen LogP contribution in [0.2, 0.25) is 0 Å². The molecule has 28 heavy (non-hydrogen) atoms. The Hall–Kier alpha value is -2.72. The molecule has 10 heteroatoms. The molecule has 0 saturated heterocycles. The Labute approximate surface area is 166 Å². The van der Waals surface area contributed by atoms with Crippen molar-refractivity contribution in [3.8, 4) is 0 Å².